The number of hydrogen-bond donors (Lipinski definition) is 0. The van der Waals surface area contributed by atoms with E-state index in [2.05, 4.69) is 53.4 Å². The van der Waals surface area contributed by atoms with Gasteiger partial charge in [-0.05, 0) is 54.3 Å². The predicted octanol–water partition coefficient (Wildman–Crippen LogP) is 4.35. The second-order valence-electron chi connectivity index (χ2n) is 11.6. The summed E-state index contributed by atoms with van der Waals surface area (Å²) in [7, 11) is 0. The van der Waals surface area contributed by atoms with E-state index < -0.39 is 0 Å². The van der Waals surface area contributed by atoms with Crippen molar-refractivity contribution in [1.29, 1.82) is 0 Å². The van der Waals surface area contributed by atoms with Crippen molar-refractivity contribution in [2.24, 2.45) is 5.41 Å². The summed E-state index contributed by atoms with van der Waals surface area (Å²) in [4.78, 5) is 38.1. The van der Waals surface area contributed by atoms with Crippen LogP contribution in [0.3, 0.4) is 0 Å². The lowest BCUT2D eigenvalue weighted by Crippen LogP contribution is -2.53. The van der Waals surface area contributed by atoms with Crippen LogP contribution in [0.15, 0.2) is 54.9 Å². The summed E-state index contributed by atoms with van der Waals surface area (Å²) in [5.41, 5.74) is 2.41. The molecule has 0 radical (unpaired) electrons. The minimum absolute atomic E-state index is 0.0219. The SMILES string of the molecule is CC(C)(C)[C@@H](C(=O)N1C[C@@H]2C[C@H]1CN2C(=O)c1ccc(N2CCCC2)cn1)n1ccc2ccccc21. The third-order valence-corrected chi connectivity index (χ3v) is 8.18. The highest BCUT2D eigenvalue weighted by molar-refractivity contribution is 5.93. The van der Waals surface area contributed by atoms with Gasteiger partial charge in [-0.25, -0.2) is 4.98 Å². The summed E-state index contributed by atoms with van der Waals surface area (Å²) in [5, 5.41) is 1.14. The second-order valence-corrected chi connectivity index (χ2v) is 11.6. The number of amides is 2. The molecule has 0 aliphatic carbocycles. The zero-order chi connectivity index (χ0) is 25.0. The summed E-state index contributed by atoms with van der Waals surface area (Å²) >= 11 is 0. The first-order valence-electron chi connectivity index (χ1n) is 13.2. The maximum atomic E-state index is 14.0. The van der Waals surface area contributed by atoms with Gasteiger partial charge in [-0.3, -0.25) is 9.59 Å². The van der Waals surface area contributed by atoms with Crippen molar-refractivity contribution in [1.82, 2.24) is 19.4 Å². The number of aromatic nitrogens is 2. The Bertz CT molecular complexity index is 1280. The molecular weight excluding hydrogens is 450 g/mol. The molecule has 3 saturated heterocycles. The van der Waals surface area contributed by atoms with Crippen LogP contribution >= 0.6 is 0 Å². The molecule has 0 N–H and O–H groups in total. The molecule has 2 aromatic heterocycles. The van der Waals surface area contributed by atoms with E-state index in [1.165, 1.54) is 12.8 Å². The quantitative estimate of drug-likeness (QED) is 0.551. The summed E-state index contributed by atoms with van der Waals surface area (Å²) in [6, 6.07) is 14.0. The highest BCUT2D eigenvalue weighted by Gasteiger charge is 2.50. The van der Waals surface area contributed by atoms with E-state index in [0.29, 0.717) is 18.8 Å². The van der Waals surface area contributed by atoms with Gasteiger partial charge in [-0.1, -0.05) is 39.0 Å². The Morgan fingerprint density at radius 3 is 2.33 bits per heavy atom. The minimum Gasteiger partial charge on any atom is -0.370 e. The lowest BCUT2D eigenvalue weighted by molar-refractivity contribution is -0.140. The molecule has 3 aromatic rings. The Hall–Kier alpha value is -3.35. The van der Waals surface area contributed by atoms with E-state index >= 15 is 0 Å². The fraction of sp³-hybridized carbons (Fsp3) is 0.483. The van der Waals surface area contributed by atoms with Crippen LogP contribution in [0.4, 0.5) is 5.69 Å². The first kappa shape index (κ1) is 23.1. The van der Waals surface area contributed by atoms with E-state index in [4.69, 9.17) is 0 Å². The molecule has 188 valence electrons. The van der Waals surface area contributed by atoms with Crippen molar-refractivity contribution < 1.29 is 9.59 Å². The average Bonchev–Trinajstić information content (AvgIpc) is 3.67. The number of likely N-dealkylation sites (tertiary alicyclic amines) is 2. The summed E-state index contributed by atoms with van der Waals surface area (Å²) in [5.74, 6) is 0.128. The highest BCUT2D eigenvalue weighted by Crippen LogP contribution is 2.39. The number of nitrogens with zero attached hydrogens (tertiary/aromatic N) is 5. The van der Waals surface area contributed by atoms with Gasteiger partial charge in [-0.15, -0.1) is 0 Å². The molecule has 3 aliphatic heterocycles. The molecular formula is C29H35N5O2. The van der Waals surface area contributed by atoms with Gasteiger partial charge in [0.25, 0.3) is 5.91 Å². The van der Waals surface area contributed by atoms with Crippen molar-refractivity contribution in [2.45, 2.75) is 58.2 Å². The summed E-state index contributed by atoms with van der Waals surface area (Å²) in [6.07, 6.45) is 7.14. The molecule has 2 bridgehead atoms. The number of pyridine rings is 1. The van der Waals surface area contributed by atoms with Gasteiger partial charge in [0.15, 0.2) is 0 Å². The normalized spacial score (nSPS) is 22.6. The van der Waals surface area contributed by atoms with Crippen LogP contribution in [-0.4, -0.2) is 69.4 Å². The maximum Gasteiger partial charge on any atom is 0.272 e. The molecule has 1 aromatic carbocycles. The van der Waals surface area contributed by atoms with Crippen LogP contribution in [0.1, 0.15) is 56.6 Å². The third kappa shape index (κ3) is 3.85. The zero-order valence-electron chi connectivity index (χ0n) is 21.4. The van der Waals surface area contributed by atoms with Gasteiger partial charge in [0.05, 0.1) is 24.0 Å². The maximum absolute atomic E-state index is 14.0. The molecule has 0 unspecified atom stereocenters. The molecule has 2 amide bonds. The zero-order valence-corrected chi connectivity index (χ0v) is 21.4. The Labute approximate surface area is 212 Å². The van der Waals surface area contributed by atoms with E-state index in [9.17, 15) is 9.59 Å². The summed E-state index contributed by atoms with van der Waals surface area (Å²) in [6.45, 7) is 9.68. The first-order valence-corrected chi connectivity index (χ1v) is 13.2. The fourth-order valence-corrected chi connectivity index (χ4v) is 6.40. The van der Waals surface area contributed by atoms with Crippen molar-refractivity contribution in [3.8, 4) is 0 Å². The summed E-state index contributed by atoms with van der Waals surface area (Å²) < 4.78 is 2.14. The molecule has 36 heavy (non-hydrogen) atoms. The topological polar surface area (TPSA) is 61.7 Å². The van der Waals surface area contributed by atoms with Crippen LogP contribution in [0.25, 0.3) is 10.9 Å². The number of fused-ring (bicyclic) bond motifs is 3. The van der Waals surface area contributed by atoms with Crippen molar-refractivity contribution in [3.05, 3.63) is 60.6 Å². The standard InChI is InChI=1S/C29H35N5O2/c1-29(2,3)26(32-15-12-20-8-4-5-9-25(20)32)28(36)34-19-22-16-23(34)18-33(22)27(35)24-11-10-21(17-30-24)31-13-6-7-14-31/h4-5,8-12,15,17,22-23,26H,6-7,13-14,16,18-19H2,1-3H3/t22-,23-,26+/m0/s1. The molecule has 3 aliphatic rings. The number of benzene rings is 1. The Kier molecular flexibility index (Phi) is 5.54. The molecule has 7 heteroatoms. The third-order valence-electron chi connectivity index (χ3n) is 8.18. The van der Waals surface area contributed by atoms with Crippen LogP contribution in [0.5, 0.6) is 0 Å². The van der Waals surface area contributed by atoms with Crippen LogP contribution in [0.2, 0.25) is 0 Å². The Morgan fingerprint density at radius 1 is 0.944 bits per heavy atom. The number of hydrogen-bond acceptors (Lipinski definition) is 4. The number of carbonyl (C=O) groups excluding carboxylic acids is 2. The first-order chi connectivity index (χ1) is 17.3. The number of rotatable bonds is 4. The van der Waals surface area contributed by atoms with Crippen LogP contribution < -0.4 is 4.90 Å². The molecule has 0 saturated carbocycles. The van der Waals surface area contributed by atoms with Crippen molar-refractivity contribution in [2.75, 3.05) is 31.1 Å². The van der Waals surface area contributed by atoms with Gasteiger partial charge in [-0.2, -0.15) is 0 Å². The second kappa shape index (κ2) is 8.64. The Balaban J connectivity index is 1.18. The van der Waals surface area contributed by atoms with Gasteiger partial charge in [0.1, 0.15) is 11.7 Å². The monoisotopic (exact) mass is 485 g/mol. The van der Waals surface area contributed by atoms with E-state index in [-0.39, 0.29) is 35.4 Å². The predicted molar refractivity (Wildman–Crippen MR) is 141 cm³/mol. The number of para-hydroxylation sites is 1. The minimum atomic E-state index is -0.305. The van der Waals surface area contributed by atoms with Gasteiger partial charge in [0.2, 0.25) is 5.91 Å². The van der Waals surface area contributed by atoms with Gasteiger partial charge >= 0.3 is 0 Å². The molecule has 3 atom stereocenters. The van der Waals surface area contributed by atoms with E-state index in [1.54, 1.807) is 0 Å². The molecule has 3 fully saturated rings. The molecule has 0 spiro atoms. The molecule has 7 nitrogen and oxygen atoms in total. The molecule has 5 heterocycles. The van der Waals surface area contributed by atoms with Crippen LogP contribution in [0, 0.1) is 5.41 Å². The van der Waals surface area contributed by atoms with Crippen LogP contribution in [-0.2, 0) is 4.79 Å². The Morgan fingerprint density at radius 2 is 1.67 bits per heavy atom. The average molecular weight is 486 g/mol. The van der Waals surface area contributed by atoms with Gasteiger partial charge in [0, 0.05) is 37.9 Å². The number of anilines is 1. The smallest absolute Gasteiger partial charge is 0.272 e. The largest absolute Gasteiger partial charge is 0.370 e. The van der Waals surface area contributed by atoms with E-state index in [0.717, 1.165) is 36.1 Å². The highest BCUT2D eigenvalue weighted by atomic mass is 16.2. The van der Waals surface area contributed by atoms with Crippen molar-refractivity contribution in [3.63, 3.8) is 0 Å². The fourth-order valence-electron chi connectivity index (χ4n) is 6.40. The lowest BCUT2D eigenvalue weighted by Gasteiger charge is -2.39. The number of carbonyl (C=O) groups is 2. The van der Waals surface area contributed by atoms with E-state index in [1.807, 2.05) is 46.5 Å². The molecule has 6 rings (SSSR count). The number of piperazine rings is 1. The van der Waals surface area contributed by atoms with Crippen molar-refractivity contribution >= 4 is 28.4 Å². The van der Waals surface area contributed by atoms with Gasteiger partial charge < -0.3 is 19.3 Å². The lowest BCUT2D eigenvalue weighted by atomic mass is 9.85.